The van der Waals surface area contributed by atoms with E-state index in [1.165, 1.54) is 4.90 Å². The average molecular weight is 297 g/mol. The summed E-state index contributed by atoms with van der Waals surface area (Å²) in [6.45, 7) is 0. The fourth-order valence-electron chi connectivity index (χ4n) is 3.25. The van der Waals surface area contributed by atoms with Gasteiger partial charge in [-0.2, -0.15) is 0 Å². The summed E-state index contributed by atoms with van der Waals surface area (Å²) < 4.78 is 0. The summed E-state index contributed by atoms with van der Waals surface area (Å²) in [5.74, 6) is -0.803. The summed E-state index contributed by atoms with van der Waals surface area (Å²) in [6.07, 6.45) is -1.98. The van der Waals surface area contributed by atoms with Crippen LogP contribution in [0.4, 0.5) is 0 Å². The maximum Gasteiger partial charge on any atom is 0.252 e. The average Bonchev–Trinajstić information content (AvgIpc) is 2.80. The van der Waals surface area contributed by atoms with Crippen molar-refractivity contribution in [2.24, 2.45) is 0 Å². The van der Waals surface area contributed by atoms with E-state index in [4.69, 9.17) is 0 Å². The molecule has 1 fully saturated rings. The Kier molecular flexibility index (Phi) is 3.96. The molecule has 4 atom stereocenters. The van der Waals surface area contributed by atoms with Gasteiger partial charge in [0.1, 0.15) is 12.2 Å². The van der Waals surface area contributed by atoms with Crippen LogP contribution in [-0.2, 0) is 4.79 Å². The monoisotopic (exact) mass is 297 g/mol. The van der Waals surface area contributed by atoms with Crippen LogP contribution >= 0.6 is 0 Å². The van der Waals surface area contributed by atoms with E-state index in [2.05, 4.69) is 0 Å². The molecule has 0 aliphatic carbocycles. The first-order valence-electron chi connectivity index (χ1n) is 7.34. The second kappa shape index (κ2) is 5.91. The Morgan fingerprint density at radius 2 is 1.55 bits per heavy atom. The molecule has 2 aromatic carbocycles. The van der Waals surface area contributed by atoms with Crippen molar-refractivity contribution in [3.63, 3.8) is 0 Å². The van der Waals surface area contributed by atoms with Crippen LogP contribution in [0.25, 0.3) is 0 Å². The van der Waals surface area contributed by atoms with Gasteiger partial charge in [-0.1, -0.05) is 60.7 Å². The van der Waals surface area contributed by atoms with Crippen LogP contribution in [0.15, 0.2) is 60.7 Å². The van der Waals surface area contributed by atoms with E-state index in [0.717, 1.165) is 11.1 Å². The van der Waals surface area contributed by atoms with E-state index in [1.54, 1.807) is 7.05 Å². The van der Waals surface area contributed by atoms with Crippen molar-refractivity contribution in [3.05, 3.63) is 71.8 Å². The van der Waals surface area contributed by atoms with Gasteiger partial charge in [-0.05, 0) is 11.1 Å². The van der Waals surface area contributed by atoms with Gasteiger partial charge in [-0.15, -0.1) is 0 Å². The van der Waals surface area contributed by atoms with Gasteiger partial charge in [0.15, 0.2) is 0 Å². The Balaban J connectivity index is 2.01. The van der Waals surface area contributed by atoms with Crippen molar-refractivity contribution in [3.8, 4) is 0 Å². The molecule has 4 nitrogen and oxygen atoms in total. The molecular weight excluding hydrogens is 278 g/mol. The Bertz CT molecular complexity index is 644. The number of carbonyl (C=O) groups excluding carboxylic acids is 1. The lowest BCUT2D eigenvalue weighted by Gasteiger charge is -2.30. The normalized spacial score (nSPS) is 26.2. The number of hydrogen-bond acceptors (Lipinski definition) is 3. The molecule has 114 valence electrons. The van der Waals surface area contributed by atoms with Crippen LogP contribution in [0.5, 0.6) is 0 Å². The van der Waals surface area contributed by atoms with Crippen molar-refractivity contribution < 1.29 is 15.0 Å². The van der Waals surface area contributed by atoms with Gasteiger partial charge in [0.25, 0.3) is 5.91 Å². The molecule has 0 saturated carbocycles. The molecule has 0 radical (unpaired) electrons. The molecule has 2 aromatic rings. The molecule has 1 aliphatic heterocycles. The SMILES string of the molecule is CN1C(=O)[C@H](O)[C@@H](c2ccccc2)[C@H]1[C@H](O)c1ccccc1. The van der Waals surface area contributed by atoms with Gasteiger partial charge in [-0.3, -0.25) is 4.79 Å². The molecule has 1 amide bonds. The van der Waals surface area contributed by atoms with Gasteiger partial charge >= 0.3 is 0 Å². The van der Waals surface area contributed by atoms with Crippen molar-refractivity contribution in [1.29, 1.82) is 0 Å². The quantitative estimate of drug-likeness (QED) is 0.906. The number of carbonyl (C=O) groups is 1. The van der Waals surface area contributed by atoms with Crippen LogP contribution in [0.1, 0.15) is 23.1 Å². The van der Waals surface area contributed by atoms with Crippen molar-refractivity contribution in [2.75, 3.05) is 7.05 Å². The summed E-state index contributed by atoms with van der Waals surface area (Å²) >= 11 is 0. The molecule has 1 heterocycles. The number of rotatable bonds is 3. The van der Waals surface area contributed by atoms with E-state index in [0.29, 0.717) is 0 Å². The van der Waals surface area contributed by atoms with Gasteiger partial charge in [0.2, 0.25) is 0 Å². The van der Waals surface area contributed by atoms with E-state index in [-0.39, 0.29) is 5.91 Å². The number of benzene rings is 2. The smallest absolute Gasteiger partial charge is 0.252 e. The minimum Gasteiger partial charge on any atom is -0.386 e. The van der Waals surface area contributed by atoms with Gasteiger partial charge in [-0.25, -0.2) is 0 Å². The molecular formula is C18H19NO3. The van der Waals surface area contributed by atoms with E-state index < -0.39 is 24.2 Å². The van der Waals surface area contributed by atoms with Crippen molar-refractivity contribution in [2.45, 2.75) is 24.2 Å². The molecule has 0 unspecified atom stereocenters. The molecule has 0 aromatic heterocycles. The summed E-state index contributed by atoms with van der Waals surface area (Å²) in [4.78, 5) is 13.7. The Hall–Kier alpha value is -2.17. The zero-order valence-electron chi connectivity index (χ0n) is 12.3. The number of amides is 1. The van der Waals surface area contributed by atoms with Crippen molar-refractivity contribution >= 4 is 5.91 Å². The minimum absolute atomic E-state index is 0.353. The highest BCUT2D eigenvalue weighted by molar-refractivity contribution is 5.85. The fourth-order valence-corrected chi connectivity index (χ4v) is 3.25. The van der Waals surface area contributed by atoms with Crippen LogP contribution in [0.3, 0.4) is 0 Å². The van der Waals surface area contributed by atoms with Crippen LogP contribution in [0, 0.1) is 0 Å². The first-order chi connectivity index (χ1) is 10.6. The summed E-state index contributed by atoms with van der Waals surface area (Å²) in [5, 5.41) is 21.1. The molecule has 4 heteroatoms. The lowest BCUT2D eigenvalue weighted by Crippen LogP contribution is -2.36. The molecule has 0 bridgehead atoms. The highest BCUT2D eigenvalue weighted by atomic mass is 16.3. The molecule has 1 aliphatic rings. The van der Waals surface area contributed by atoms with Gasteiger partial charge < -0.3 is 15.1 Å². The lowest BCUT2D eigenvalue weighted by atomic mass is 9.85. The van der Waals surface area contributed by atoms with Gasteiger partial charge in [0.05, 0.1) is 6.04 Å². The molecule has 1 saturated heterocycles. The standard InChI is InChI=1S/C18H19NO3/c1-19-15(16(20)13-10-6-3-7-11-13)14(17(21)18(19)22)12-8-4-2-5-9-12/h2-11,14-17,20-21H,1H3/t14-,15-,16+,17+/m0/s1. The second-order valence-electron chi connectivity index (χ2n) is 5.68. The van der Waals surface area contributed by atoms with Gasteiger partial charge in [0, 0.05) is 13.0 Å². The molecule has 3 rings (SSSR count). The van der Waals surface area contributed by atoms with Crippen LogP contribution in [0.2, 0.25) is 0 Å². The van der Waals surface area contributed by atoms with E-state index >= 15 is 0 Å². The third-order valence-electron chi connectivity index (χ3n) is 4.41. The number of hydrogen-bond donors (Lipinski definition) is 2. The predicted octanol–water partition coefficient (Wildman–Crippen LogP) is 1.71. The van der Waals surface area contributed by atoms with E-state index in [1.807, 2.05) is 60.7 Å². The van der Waals surface area contributed by atoms with Crippen molar-refractivity contribution in [1.82, 2.24) is 4.90 Å². The molecule has 22 heavy (non-hydrogen) atoms. The lowest BCUT2D eigenvalue weighted by molar-refractivity contribution is -0.135. The number of nitrogens with zero attached hydrogens (tertiary/aromatic N) is 1. The Morgan fingerprint density at radius 3 is 2.14 bits per heavy atom. The van der Waals surface area contributed by atoms with Crippen LogP contribution in [-0.4, -0.2) is 40.2 Å². The largest absolute Gasteiger partial charge is 0.386 e. The second-order valence-corrected chi connectivity index (χ2v) is 5.68. The number of aliphatic hydroxyl groups is 2. The maximum absolute atomic E-state index is 12.2. The third kappa shape index (κ3) is 2.40. The summed E-state index contributed by atoms with van der Waals surface area (Å²) in [5.41, 5.74) is 1.59. The minimum atomic E-state index is -1.13. The Labute approximate surface area is 129 Å². The topological polar surface area (TPSA) is 60.8 Å². The first-order valence-corrected chi connectivity index (χ1v) is 7.34. The highest BCUT2D eigenvalue weighted by Gasteiger charge is 2.49. The van der Waals surface area contributed by atoms with Crippen LogP contribution < -0.4 is 0 Å². The predicted molar refractivity (Wildman–Crippen MR) is 83.1 cm³/mol. The number of likely N-dealkylation sites (tertiary alicyclic amines) is 1. The number of likely N-dealkylation sites (N-methyl/N-ethyl adjacent to an activating group) is 1. The first kappa shape index (κ1) is 14.8. The Morgan fingerprint density at radius 1 is 1.00 bits per heavy atom. The molecule has 0 spiro atoms. The highest BCUT2D eigenvalue weighted by Crippen LogP contribution is 2.40. The zero-order valence-corrected chi connectivity index (χ0v) is 12.3. The maximum atomic E-state index is 12.2. The number of aliphatic hydroxyl groups excluding tert-OH is 2. The van der Waals surface area contributed by atoms with E-state index in [9.17, 15) is 15.0 Å². The molecule has 2 N–H and O–H groups in total. The summed E-state index contributed by atoms with van der Waals surface area (Å²) in [7, 11) is 1.63. The zero-order chi connectivity index (χ0) is 15.7. The third-order valence-corrected chi connectivity index (χ3v) is 4.41. The fraction of sp³-hybridized carbons (Fsp3) is 0.278. The summed E-state index contributed by atoms with van der Waals surface area (Å²) in [6, 6.07) is 18.1.